The quantitative estimate of drug-likeness (QED) is 0.746. The van der Waals surface area contributed by atoms with Crippen molar-refractivity contribution in [2.45, 2.75) is 6.92 Å². The zero-order chi connectivity index (χ0) is 16.8. The number of benzene rings is 2. The summed E-state index contributed by atoms with van der Waals surface area (Å²) < 4.78 is 11.6. The van der Waals surface area contributed by atoms with Crippen LogP contribution in [0.2, 0.25) is 0 Å². The van der Waals surface area contributed by atoms with Crippen molar-refractivity contribution in [1.29, 1.82) is 0 Å². The summed E-state index contributed by atoms with van der Waals surface area (Å²) in [6.07, 6.45) is 0. The standard InChI is InChI=1S/C18H18BrNO3/c1-12(2)11-23-15-6-4-5-14(10-15)20-18(21)16-9-13(19)7-8-17(16)22-3/h4-10H,1,11H2,2-3H3,(H,20,21). The maximum atomic E-state index is 12.5. The van der Waals surface area contributed by atoms with E-state index in [2.05, 4.69) is 27.8 Å². The Morgan fingerprint density at radius 2 is 2.04 bits per heavy atom. The first kappa shape index (κ1) is 17.1. The van der Waals surface area contributed by atoms with Crippen molar-refractivity contribution >= 4 is 27.5 Å². The molecule has 0 saturated heterocycles. The Balaban J connectivity index is 2.15. The molecule has 120 valence electrons. The Labute approximate surface area is 144 Å². The van der Waals surface area contributed by atoms with Crippen LogP contribution >= 0.6 is 15.9 Å². The van der Waals surface area contributed by atoms with Gasteiger partial charge in [-0.1, -0.05) is 28.6 Å². The van der Waals surface area contributed by atoms with E-state index in [4.69, 9.17) is 9.47 Å². The lowest BCUT2D eigenvalue weighted by Crippen LogP contribution is -2.13. The van der Waals surface area contributed by atoms with Crippen LogP contribution in [0, 0.1) is 0 Å². The first-order valence-electron chi connectivity index (χ1n) is 7.01. The predicted octanol–water partition coefficient (Wildman–Crippen LogP) is 4.66. The number of nitrogens with one attached hydrogen (secondary N) is 1. The first-order chi connectivity index (χ1) is 11.0. The van der Waals surface area contributed by atoms with Crippen LogP contribution in [0.4, 0.5) is 5.69 Å². The molecule has 23 heavy (non-hydrogen) atoms. The monoisotopic (exact) mass is 375 g/mol. The summed E-state index contributed by atoms with van der Waals surface area (Å²) in [5.41, 5.74) is 2.03. The van der Waals surface area contributed by atoms with E-state index in [9.17, 15) is 4.79 Å². The minimum absolute atomic E-state index is 0.250. The Bertz CT molecular complexity index is 728. The van der Waals surface area contributed by atoms with Gasteiger partial charge in [-0.05, 0) is 42.8 Å². The molecule has 0 bridgehead atoms. The molecule has 0 fully saturated rings. The van der Waals surface area contributed by atoms with E-state index >= 15 is 0 Å². The van der Waals surface area contributed by atoms with Gasteiger partial charge in [0.1, 0.15) is 18.1 Å². The molecule has 0 radical (unpaired) electrons. The maximum absolute atomic E-state index is 12.5. The minimum Gasteiger partial charge on any atom is -0.496 e. The topological polar surface area (TPSA) is 47.6 Å². The molecule has 2 rings (SSSR count). The van der Waals surface area contributed by atoms with Crippen molar-refractivity contribution in [3.63, 3.8) is 0 Å². The fourth-order valence-corrected chi connectivity index (χ4v) is 2.29. The van der Waals surface area contributed by atoms with Crippen LogP contribution in [-0.2, 0) is 0 Å². The van der Waals surface area contributed by atoms with Gasteiger partial charge < -0.3 is 14.8 Å². The second-order valence-electron chi connectivity index (χ2n) is 5.07. The van der Waals surface area contributed by atoms with E-state index < -0.39 is 0 Å². The van der Waals surface area contributed by atoms with E-state index in [1.165, 1.54) is 7.11 Å². The number of rotatable bonds is 6. The Morgan fingerprint density at radius 3 is 2.74 bits per heavy atom. The number of halogens is 1. The van der Waals surface area contributed by atoms with Gasteiger partial charge in [-0.2, -0.15) is 0 Å². The molecular weight excluding hydrogens is 358 g/mol. The second-order valence-corrected chi connectivity index (χ2v) is 5.99. The molecular formula is C18H18BrNO3. The molecule has 0 aliphatic carbocycles. The molecule has 5 heteroatoms. The molecule has 0 unspecified atom stereocenters. The van der Waals surface area contributed by atoms with Crippen LogP contribution in [0.1, 0.15) is 17.3 Å². The lowest BCUT2D eigenvalue weighted by atomic mass is 10.2. The molecule has 0 aliphatic rings. The summed E-state index contributed by atoms with van der Waals surface area (Å²) in [7, 11) is 1.53. The van der Waals surface area contributed by atoms with Gasteiger partial charge in [-0.3, -0.25) is 4.79 Å². The van der Waals surface area contributed by atoms with Crippen molar-refractivity contribution in [2.24, 2.45) is 0 Å². The van der Waals surface area contributed by atoms with E-state index in [1.54, 1.807) is 24.3 Å². The number of amides is 1. The molecule has 1 amide bonds. The van der Waals surface area contributed by atoms with E-state index in [1.807, 2.05) is 25.1 Å². The van der Waals surface area contributed by atoms with E-state index in [0.717, 1.165) is 10.0 Å². The molecule has 0 saturated carbocycles. The third-order valence-corrected chi connectivity index (χ3v) is 3.48. The molecule has 2 aromatic carbocycles. The van der Waals surface area contributed by atoms with Gasteiger partial charge in [-0.25, -0.2) is 0 Å². The van der Waals surface area contributed by atoms with Crippen LogP contribution < -0.4 is 14.8 Å². The molecule has 0 spiro atoms. The summed E-state index contributed by atoms with van der Waals surface area (Å²) in [5, 5.41) is 2.85. The highest BCUT2D eigenvalue weighted by Gasteiger charge is 2.13. The zero-order valence-corrected chi connectivity index (χ0v) is 14.6. The van der Waals surface area contributed by atoms with Crippen molar-refractivity contribution in [3.05, 3.63) is 64.7 Å². The highest BCUT2D eigenvalue weighted by molar-refractivity contribution is 9.10. The number of hydrogen-bond donors (Lipinski definition) is 1. The molecule has 2 aromatic rings. The second kappa shape index (κ2) is 7.83. The number of methoxy groups -OCH3 is 1. The number of carbonyl (C=O) groups excluding carboxylic acids is 1. The van der Waals surface area contributed by atoms with Gasteiger partial charge >= 0.3 is 0 Å². The predicted molar refractivity (Wildman–Crippen MR) is 95.4 cm³/mol. The number of ether oxygens (including phenoxy) is 2. The van der Waals surface area contributed by atoms with Gasteiger partial charge in [0.05, 0.1) is 12.7 Å². The third-order valence-electron chi connectivity index (χ3n) is 2.98. The van der Waals surface area contributed by atoms with E-state index in [-0.39, 0.29) is 5.91 Å². The Hall–Kier alpha value is -2.27. The van der Waals surface area contributed by atoms with Crippen molar-refractivity contribution in [1.82, 2.24) is 0 Å². The first-order valence-corrected chi connectivity index (χ1v) is 7.81. The summed E-state index contributed by atoms with van der Waals surface area (Å²) in [5.74, 6) is 0.938. The van der Waals surface area contributed by atoms with Crippen molar-refractivity contribution in [3.8, 4) is 11.5 Å². The normalized spacial score (nSPS) is 10.0. The van der Waals surface area contributed by atoms with Crippen LogP contribution in [0.15, 0.2) is 59.1 Å². The molecule has 1 N–H and O–H groups in total. The van der Waals surface area contributed by atoms with Crippen molar-refractivity contribution < 1.29 is 14.3 Å². The lowest BCUT2D eigenvalue weighted by molar-refractivity contribution is 0.102. The van der Waals surface area contributed by atoms with Gasteiger partial charge in [0.15, 0.2) is 0 Å². The third kappa shape index (κ3) is 4.86. The average Bonchev–Trinajstić information content (AvgIpc) is 2.53. The van der Waals surface area contributed by atoms with Gasteiger partial charge in [-0.15, -0.1) is 0 Å². The highest BCUT2D eigenvalue weighted by Crippen LogP contribution is 2.25. The van der Waals surface area contributed by atoms with Gasteiger partial charge in [0, 0.05) is 16.2 Å². The molecule has 0 atom stereocenters. The lowest BCUT2D eigenvalue weighted by Gasteiger charge is -2.11. The number of anilines is 1. The van der Waals surface area contributed by atoms with Crippen LogP contribution in [0.3, 0.4) is 0 Å². The van der Waals surface area contributed by atoms with Crippen LogP contribution in [-0.4, -0.2) is 19.6 Å². The molecule has 0 heterocycles. The Kier molecular flexibility index (Phi) is 5.82. The highest BCUT2D eigenvalue weighted by atomic mass is 79.9. The minimum atomic E-state index is -0.250. The van der Waals surface area contributed by atoms with Crippen LogP contribution in [0.5, 0.6) is 11.5 Å². The van der Waals surface area contributed by atoms with Gasteiger partial charge in [0.25, 0.3) is 5.91 Å². The average molecular weight is 376 g/mol. The fraction of sp³-hybridized carbons (Fsp3) is 0.167. The Morgan fingerprint density at radius 1 is 1.26 bits per heavy atom. The van der Waals surface area contributed by atoms with Gasteiger partial charge in [0.2, 0.25) is 0 Å². The summed E-state index contributed by atoms with van der Waals surface area (Å²) >= 11 is 3.36. The van der Waals surface area contributed by atoms with Crippen molar-refractivity contribution in [2.75, 3.05) is 19.0 Å². The fourth-order valence-electron chi connectivity index (χ4n) is 1.93. The number of carbonyl (C=O) groups is 1. The van der Waals surface area contributed by atoms with E-state index in [0.29, 0.717) is 29.4 Å². The van der Waals surface area contributed by atoms with Crippen LogP contribution in [0.25, 0.3) is 0 Å². The smallest absolute Gasteiger partial charge is 0.259 e. The maximum Gasteiger partial charge on any atom is 0.259 e. The largest absolute Gasteiger partial charge is 0.496 e. The summed E-state index contributed by atoms with van der Waals surface area (Å²) in [6, 6.07) is 12.5. The molecule has 0 aromatic heterocycles. The SMILES string of the molecule is C=C(C)COc1cccc(NC(=O)c2cc(Br)ccc2OC)c1. The molecule has 0 aliphatic heterocycles. The summed E-state index contributed by atoms with van der Waals surface area (Å²) in [6.45, 7) is 6.13. The molecule has 4 nitrogen and oxygen atoms in total. The zero-order valence-electron chi connectivity index (χ0n) is 13.1. The number of hydrogen-bond acceptors (Lipinski definition) is 3. The summed E-state index contributed by atoms with van der Waals surface area (Å²) in [4.78, 5) is 12.5.